The summed E-state index contributed by atoms with van der Waals surface area (Å²) in [4.78, 5) is 16.0. The summed E-state index contributed by atoms with van der Waals surface area (Å²) in [7, 11) is 1.26. The zero-order valence-corrected chi connectivity index (χ0v) is 16.6. The molecule has 2 aromatic carbocycles. The Bertz CT molecular complexity index is 1150. The zero-order valence-electron chi connectivity index (χ0n) is 15.8. The molecule has 0 aliphatic carbocycles. The number of aromatic nitrogens is 2. The number of hydrogen-bond donors (Lipinski definition) is 1. The molecule has 0 saturated carbocycles. The number of methoxy groups -OCH3 is 1. The van der Waals surface area contributed by atoms with Crippen molar-refractivity contribution < 1.29 is 22.3 Å². The van der Waals surface area contributed by atoms with Crippen LogP contribution in [0.25, 0.3) is 0 Å². The standard InChI is InChI=1S/C20H16ClF4N3O2/c1-11-15(21)4-3-5-16(11)26-19-27-18(29)17(30-2)10-28(19)9-12-6-13(20(23,24)25)8-14(22)7-12/h3-8,10H,9H2,1-2H3,(H,26,27,29). The Balaban J connectivity index is 2.07. The van der Waals surface area contributed by atoms with E-state index < -0.39 is 23.1 Å². The highest BCUT2D eigenvalue weighted by Crippen LogP contribution is 2.31. The maximum absolute atomic E-state index is 13.8. The third kappa shape index (κ3) is 4.73. The average Bonchev–Trinajstić information content (AvgIpc) is 2.66. The van der Waals surface area contributed by atoms with E-state index >= 15 is 0 Å². The van der Waals surface area contributed by atoms with Gasteiger partial charge in [-0.1, -0.05) is 17.7 Å². The molecule has 1 aromatic heterocycles. The van der Waals surface area contributed by atoms with Gasteiger partial charge in [-0.15, -0.1) is 0 Å². The number of anilines is 2. The summed E-state index contributed by atoms with van der Waals surface area (Å²) in [6, 6.07) is 7.30. The van der Waals surface area contributed by atoms with Crippen LogP contribution >= 0.6 is 11.6 Å². The molecule has 1 N–H and O–H groups in total. The number of nitrogens with zero attached hydrogens (tertiary/aromatic N) is 2. The third-order valence-electron chi connectivity index (χ3n) is 4.34. The number of halogens is 5. The van der Waals surface area contributed by atoms with Crippen LogP contribution in [0, 0.1) is 12.7 Å². The summed E-state index contributed by atoms with van der Waals surface area (Å²) < 4.78 is 59.2. The van der Waals surface area contributed by atoms with Crippen molar-refractivity contribution in [1.82, 2.24) is 9.55 Å². The highest BCUT2D eigenvalue weighted by Gasteiger charge is 2.31. The van der Waals surface area contributed by atoms with Crippen molar-refractivity contribution in [3.63, 3.8) is 0 Å². The molecular weight excluding hydrogens is 426 g/mol. The topological polar surface area (TPSA) is 56.1 Å². The van der Waals surface area contributed by atoms with Gasteiger partial charge in [-0.25, -0.2) is 4.39 Å². The molecular formula is C20H16ClF4N3O2. The lowest BCUT2D eigenvalue weighted by molar-refractivity contribution is -0.137. The average molecular weight is 442 g/mol. The molecule has 0 aliphatic heterocycles. The van der Waals surface area contributed by atoms with Gasteiger partial charge in [-0.2, -0.15) is 18.2 Å². The highest BCUT2D eigenvalue weighted by molar-refractivity contribution is 6.31. The second-order valence-electron chi connectivity index (χ2n) is 6.45. The summed E-state index contributed by atoms with van der Waals surface area (Å²) in [5.74, 6) is -1.11. The monoisotopic (exact) mass is 441 g/mol. The van der Waals surface area contributed by atoms with Crippen LogP contribution in [0.1, 0.15) is 16.7 Å². The van der Waals surface area contributed by atoms with Crippen LogP contribution < -0.4 is 15.6 Å². The zero-order chi connectivity index (χ0) is 22.1. The van der Waals surface area contributed by atoms with Crippen molar-refractivity contribution in [2.75, 3.05) is 12.4 Å². The summed E-state index contributed by atoms with van der Waals surface area (Å²) in [6.07, 6.45) is -3.41. The molecule has 0 saturated heterocycles. The molecule has 10 heteroatoms. The van der Waals surface area contributed by atoms with Gasteiger partial charge in [0.05, 0.1) is 25.4 Å². The van der Waals surface area contributed by atoms with E-state index in [-0.39, 0.29) is 23.8 Å². The largest absolute Gasteiger partial charge is 0.490 e. The van der Waals surface area contributed by atoms with Crippen LogP contribution in [-0.2, 0) is 12.7 Å². The molecule has 0 bridgehead atoms. The van der Waals surface area contributed by atoms with Crippen LogP contribution in [0.3, 0.4) is 0 Å². The lowest BCUT2D eigenvalue weighted by atomic mass is 10.1. The minimum Gasteiger partial charge on any atom is -0.490 e. The number of hydrogen-bond acceptors (Lipinski definition) is 4. The van der Waals surface area contributed by atoms with Gasteiger partial charge < -0.3 is 14.6 Å². The van der Waals surface area contributed by atoms with Gasteiger partial charge in [0.25, 0.3) is 0 Å². The van der Waals surface area contributed by atoms with Gasteiger partial charge in [-0.05, 0) is 48.4 Å². The van der Waals surface area contributed by atoms with Gasteiger partial charge in [-0.3, -0.25) is 4.79 Å². The molecule has 3 aromatic rings. The Morgan fingerprint density at radius 3 is 2.63 bits per heavy atom. The molecule has 0 radical (unpaired) electrons. The number of nitrogens with one attached hydrogen (secondary N) is 1. The Labute approximate surface area is 173 Å². The van der Waals surface area contributed by atoms with E-state index in [4.69, 9.17) is 16.3 Å². The third-order valence-corrected chi connectivity index (χ3v) is 4.74. The molecule has 0 atom stereocenters. The maximum atomic E-state index is 13.8. The fraction of sp³-hybridized carbons (Fsp3) is 0.200. The Morgan fingerprint density at radius 2 is 1.97 bits per heavy atom. The predicted octanol–water partition coefficient (Wildman–Crippen LogP) is 5.16. The van der Waals surface area contributed by atoms with E-state index in [1.165, 1.54) is 17.9 Å². The molecule has 1 heterocycles. The molecule has 0 unspecified atom stereocenters. The highest BCUT2D eigenvalue weighted by atomic mass is 35.5. The van der Waals surface area contributed by atoms with Gasteiger partial charge in [0, 0.05) is 10.7 Å². The molecule has 30 heavy (non-hydrogen) atoms. The van der Waals surface area contributed by atoms with E-state index in [1.807, 2.05) is 0 Å². The van der Waals surface area contributed by atoms with Crippen LogP contribution in [0.4, 0.5) is 29.2 Å². The first kappa shape index (κ1) is 21.6. The van der Waals surface area contributed by atoms with Crippen LogP contribution in [0.2, 0.25) is 5.02 Å². The summed E-state index contributed by atoms with van der Waals surface area (Å²) >= 11 is 6.11. The SMILES string of the molecule is COc1cn(Cc2cc(F)cc(C(F)(F)F)c2)c(Nc2cccc(Cl)c2C)nc1=O. The number of benzene rings is 2. The van der Waals surface area contributed by atoms with E-state index in [9.17, 15) is 22.4 Å². The Morgan fingerprint density at radius 1 is 1.23 bits per heavy atom. The van der Waals surface area contributed by atoms with Gasteiger partial charge in [0.2, 0.25) is 11.7 Å². The second kappa shape index (κ2) is 8.35. The van der Waals surface area contributed by atoms with E-state index in [1.54, 1.807) is 25.1 Å². The quantitative estimate of drug-likeness (QED) is 0.555. The van der Waals surface area contributed by atoms with Crippen molar-refractivity contribution >= 4 is 23.2 Å². The van der Waals surface area contributed by atoms with E-state index in [0.29, 0.717) is 22.3 Å². The Kier molecular flexibility index (Phi) is 6.02. The molecule has 5 nitrogen and oxygen atoms in total. The minimum atomic E-state index is -4.70. The fourth-order valence-electron chi connectivity index (χ4n) is 2.80. The first-order valence-electron chi connectivity index (χ1n) is 8.62. The Hall–Kier alpha value is -3.07. The lowest BCUT2D eigenvalue weighted by Gasteiger charge is -2.17. The first-order chi connectivity index (χ1) is 14.1. The van der Waals surface area contributed by atoms with E-state index in [2.05, 4.69) is 10.3 Å². The molecule has 3 rings (SSSR count). The summed E-state index contributed by atoms with van der Waals surface area (Å²) in [5.41, 5.74) is -0.532. The molecule has 0 amide bonds. The van der Waals surface area contributed by atoms with Crippen LogP contribution in [-0.4, -0.2) is 16.7 Å². The molecule has 158 valence electrons. The van der Waals surface area contributed by atoms with Crippen LogP contribution in [0.15, 0.2) is 47.4 Å². The van der Waals surface area contributed by atoms with Crippen molar-refractivity contribution in [1.29, 1.82) is 0 Å². The lowest BCUT2D eigenvalue weighted by Crippen LogP contribution is -2.19. The van der Waals surface area contributed by atoms with E-state index in [0.717, 1.165) is 12.1 Å². The summed E-state index contributed by atoms with van der Waals surface area (Å²) in [5, 5.41) is 3.42. The van der Waals surface area contributed by atoms with Gasteiger partial charge in [0.15, 0.2) is 0 Å². The van der Waals surface area contributed by atoms with Crippen molar-refractivity contribution in [3.05, 3.63) is 80.5 Å². The number of alkyl halides is 3. The molecule has 0 fully saturated rings. The summed E-state index contributed by atoms with van der Waals surface area (Å²) in [6.45, 7) is 1.55. The first-order valence-corrected chi connectivity index (χ1v) is 9.00. The smallest absolute Gasteiger partial charge is 0.416 e. The second-order valence-corrected chi connectivity index (χ2v) is 6.86. The fourth-order valence-corrected chi connectivity index (χ4v) is 2.97. The predicted molar refractivity (Wildman–Crippen MR) is 105 cm³/mol. The normalized spacial score (nSPS) is 11.4. The van der Waals surface area contributed by atoms with Crippen molar-refractivity contribution in [2.24, 2.45) is 0 Å². The molecule has 0 aliphatic rings. The number of ether oxygens (including phenoxy) is 1. The molecule has 0 spiro atoms. The van der Waals surface area contributed by atoms with Gasteiger partial charge >= 0.3 is 11.7 Å². The van der Waals surface area contributed by atoms with Crippen molar-refractivity contribution in [3.8, 4) is 5.75 Å². The maximum Gasteiger partial charge on any atom is 0.416 e. The number of rotatable bonds is 5. The van der Waals surface area contributed by atoms with Gasteiger partial charge in [0.1, 0.15) is 5.82 Å². The van der Waals surface area contributed by atoms with Crippen molar-refractivity contribution in [2.45, 2.75) is 19.6 Å². The minimum absolute atomic E-state index is 0.0284. The van der Waals surface area contributed by atoms with Crippen LogP contribution in [0.5, 0.6) is 5.75 Å².